The number of aromatic nitrogens is 5. The van der Waals surface area contributed by atoms with Gasteiger partial charge in [-0.15, -0.1) is 0 Å². The molecule has 2 aliphatic rings. The lowest BCUT2D eigenvalue weighted by Gasteiger charge is -2.33. The van der Waals surface area contributed by atoms with Crippen molar-refractivity contribution in [2.75, 3.05) is 26.7 Å². The highest BCUT2D eigenvalue weighted by atomic mass is 79.9. The van der Waals surface area contributed by atoms with Crippen LogP contribution in [0.3, 0.4) is 0 Å². The second-order valence-corrected chi connectivity index (χ2v) is 11.2. The summed E-state index contributed by atoms with van der Waals surface area (Å²) in [6.07, 6.45) is 4.63. The lowest BCUT2D eigenvalue weighted by molar-refractivity contribution is -0.146. The van der Waals surface area contributed by atoms with Gasteiger partial charge < -0.3 is 9.80 Å². The maximum absolute atomic E-state index is 15.0. The number of carbonyl (C=O) groups is 2. The smallest absolute Gasteiger partial charge is 0.241 e. The molecule has 12 heteroatoms. The molecule has 0 bridgehead atoms. The maximum Gasteiger partial charge on any atom is 0.241 e. The highest BCUT2D eigenvalue weighted by Gasteiger charge is 2.35. The van der Waals surface area contributed by atoms with E-state index in [1.54, 1.807) is 29.1 Å². The van der Waals surface area contributed by atoms with Gasteiger partial charge in [0.1, 0.15) is 21.8 Å². The molecule has 4 aromatic rings. The van der Waals surface area contributed by atoms with Crippen molar-refractivity contribution in [1.29, 1.82) is 0 Å². The van der Waals surface area contributed by atoms with E-state index in [0.29, 0.717) is 52.0 Å². The monoisotopic (exact) mass is 597 g/mol. The lowest BCUT2D eigenvalue weighted by atomic mass is 10.00. The van der Waals surface area contributed by atoms with Crippen molar-refractivity contribution in [2.24, 2.45) is 11.8 Å². The van der Waals surface area contributed by atoms with E-state index in [1.165, 1.54) is 23.7 Å². The number of likely N-dealkylation sites (N-methyl/N-ethyl adjacent to an activating group) is 1. The highest BCUT2D eigenvalue weighted by molar-refractivity contribution is 9.10. The minimum Gasteiger partial charge on any atom is -0.342 e. The molecule has 2 amide bonds. The van der Waals surface area contributed by atoms with E-state index >= 15 is 0 Å². The molecule has 1 aliphatic carbocycles. The Morgan fingerprint density at radius 3 is 2.74 bits per heavy atom. The molecular formula is C27H26BrF2N7O2. The number of aryl methyl sites for hydroxylation is 1. The van der Waals surface area contributed by atoms with Crippen LogP contribution in [0.15, 0.2) is 29.0 Å². The molecule has 2 fully saturated rings. The van der Waals surface area contributed by atoms with Gasteiger partial charge in [-0.05, 0) is 60.2 Å². The lowest BCUT2D eigenvalue weighted by Crippen LogP contribution is -2.51. The molecule has 1 aliphatic heterocycles. The summed E-state index contributed by atoms with van der Waals surface area (Å²) in [6, 6.07) is 4.20. The fraction of sp³-hybridized carbons (Fsp3) is 0.407. The first-order chi connectivity index (χ1) is 18.7. The minimum absolute atomic E-state index is 0.0311. The molecule has 1 saturated carbocycles. The molecule has 0 unspecified atom stereocenters. The number of fused-ring (bicyclic) bond motifs is 2. The molecule has 39 heavy (non-hydrogen) atoms. The maximum atomic E-state index is 15.0. The number of carbonyl (C=O) groups excluding carboxylic acids is 2. The molecule has 3 aromatic heterocycles. The summed E-state index contributed by atoms with van der Waals surface area (Å²) in [5, 5.41) is 5.47. The van der Waals surface area contributed by atoms with E-state index in [0.717, 1.165) is 19.3 Å². The van der Waals surface area contributed by atoms with Crippen LogP contribution in [0.25, 0.3) is 27.6 Å². The zero-order valence-electron chi connectivity index (χ0n) is 21.5. The van der Waals surface area contributed by atoms with E-state index in [2.05, 4.69) is 31.0 Å². The molecule has 0 radical (unpaired) electrons. The molecule has 9 nitrogen and oxygen atoms in total. The van der Waals surface area contributed by atoms with Crippen molar-refractivity contribution < 1.29 is 18.4 Å². The van der Waals surface area contributed by atoms with Crippen molar-refractivity contribution >= 4 is 49.7 Å². The molecule has 6 rings (SSSR count). The van der Waals surface area contributed by atoms with Crippen molar-refractivity contribution in [1.82, 2.24) is 34.5 Å². The number of pyridine rings is 1. The zero-order chi connectivity index (χ0) is 27.4. The number of hydrogen-bond donors (Lipinski definition) is 0. The first-order valence-corrected chi connectivity index (χ1v) is 13.7. The van der Waals surface area contributed by atoms with Crippen LogP contribution in [0.2, 0.25) is 0 Å². The topological polar surface area (TPSA) is 97.1 Å². The predicted molar refractivity (Wildman–Crippen MR) is 143 cm³/mol. The third-order valence-corrected chi connectivity index (χ3v) is 8.38. The number of rotatable bonds is 4. The van der Waals surface area contributed by atoms with Gasteiger partial charge in [0.05, 0.1) is 23.3 Å². The molecule has 1 aromatic carbocycles. The summed E-state index contributed by atoms with van der Waals surface area (Å²) in [7, 11) is 1.76. The number of nitrogens with zero attached hydrogens (tertiary/aromatic N) is 7. The van der Waals surface area contributed by atoms with Gasteiger partial charge in [0.2, 0.25) is 11.8 Å². The SMILES string of the molecule is Cc1nc2c(F)cc(-n3nc(Br)c4cnc(C[C@@H]5CC[C@@H](C(=O)N6CCN(C)C(=O)C6)C5)nc43)cc2cc1F. The molecule has 2 atom stereocenters. The molecule has 4 heterocycles. The molecular weight excluding hydrogens is 572 g/mol. The second-order valence-electron chi connectivity index (χ2n) is 10.4. The normalized spacial score (nSPS) is 20.0. The summed E-state index contributed by atoms with van der Waals surface area (Å²) >= 11 is 3.44. The first-order valence-electron chi connectivity index (χ1n) is 12.9. The standard InChI is InChI=1S/C27H26BrF2N7O2/c1-14-20(29)10-17-9-18(11-21(30)24(17)32-14)37-26-19(25(28)34-37)12-31-22(33-26)8-15-3-4-16(7-15)27(39)36-6-5-35(2)23(38)13-36/h9-12,15-16H,3-8,13H2,1-2H3/t15-,16-/m1/s1. The number of halogens is 3. The van der Waals surface area contributed by atoms with Gasteiger partial charge in [0, 0.05) is 50.1 Å². The molecule has 202 valence electrons. The van der Waals surface area contributed by atoms with Crippen molar-refractivity contribution in [3.63, 3.8) is 0 Å². The Hall–Kier alpha value is -3.54. The Morgan fingerprint density at radius 2 is 1.95 bits per heavy atom. The van der Waals surface area contributed by atoms with Crippen LogP contribution in [0.4, 0.5) is 8.78 Å². The van der Waals surface area contributed by atoms with E-state index in [-0.39, 0.29) is 41.4 Å². The average Bonchev–Trinajstić information content (AvgIpc) is 3.50. The van der Waals surface area contributed by atoms with Gasteiger partial charge in [-0.1, -0.05) is 0 Å². The van der Waals surface area contributed by atoms with Crippen LogP contribution in [0.5, 0.6) is 0 Å². The van der Waals surface area contributed by atoms with Crippen LogP contribution >= 0.6 is 15.9 Å². The van der Waals surface area contributed by atoms with E-state index in [1.807, 2.05) is 0 Å². The zero-order valence-corrected chi connectivity index (χ0v) is 23.1. The molecule has 0 N–H and O–H groups in total. The summed E-state index contributed by atoms with van der Waals surface area (Å²) in [6.45, 7) is 2.77. The van der Waals surface area contributed by atoms with Crippen LogP contribution < -0.4 is 0 Å². The molecule has 1 saturated heterocycles. The van der Waals surface area contributed by atoms with Gasteiger partial charge in [-0.25, -0.2) is 28.4 Å². The van der Waals surface area contributed by atoms with Crippen molar-refractivity contribution in [3.05, 3.63) is 52.2 Å². The van der Waals surface area contributed by atoms with Gasteiger partial charge in [-0.3, -0.25) is 9.59 Å². The Morgan fingerprint density at radius 1 is 1.13 bits per heavy atom. The van der Waals surface area contributed by atoms with Gasteiger partial charge in [-0.2, -0.15) is 5.10 Å². The Kier molecular flexibility index (Phi) is 6.52. The van der Waals surface area contributed by atoms with E-state index in [4.69, 9.17) is 4.98 Å². The minimum atomic E-state index is -0.580. The Bertz CT molecular complexity index is 1640. The van der Waals surface area contributed by atoms with Crippen LogP contribution in [-0.2, 0) is 16.0 Å². The van der Waals surface area contributed by atoms with E-state index < -0.39 is 11.6 Å². The third kappa shape index (κ3) is 4.75. The van der Waals surface area contributed by atoms with Crippen molar-refractivity contribution in [3.8, 4) is 5.69 Å². The first kappa shape index (κ1) is 25.7. The summed E-state index contributed by atoms with van der Waals surface area (Å²) < 4.78 is 31.1. The van der Waals surface area contributed by atoms with Gasteiger partial charge in [0.15, 0.2) is 11.5 Å². The summed E-state index contributed by atoms with van der Waals surface area (Å²) in [4.78, 5) is 41.7. The Balaban J connectivity index is 1.24. The number of hydrogen-bond acceptors (Lipinski definition) is 6. The third-order valence-electron chi connectivity index (χ3n) is 7.79. The largest absolute Gasteiger partial charge is 0.342 e. The van der Waals surface area contributed by atoms with Crippen LogP contribution in [-0.4, -0.2) is 73.0 Å². The van der Waals surface area contributed by atoms with Gasteiger partial charge in [0.25, 0.3) is 0 Å². The number of piperazine rings is 1. The number of benzene rings is 1. The number of amides is 2. The highest BCUT2D eigenvalue weighted by Crippen LogP contribution is 2.35. The Labute approximate surface area is 231 Å². The fourth-order valence-electron chi connectivity index (χ4n) is 5.55. The predicted octanol–water partition coefficient (Wildman–Crippen LogP) is 3.97. The second kappa shape index (κ2) is 9.89. The van der Waals surface area contributed by atoms with E-state index in [9.17, 15) is 18.4 Å². The summed E-state index contributed by atoms with van der Waals surface area (Å²) in [5.41, 5.74) is 1.10. The van der Waals surface area contributed by atoms with Crippen LogP contribution in [0, 0.1) is 30.4 Å². The quantitative estimate of drug-likeness (QED) is 0.353. The van der Waals surface area contributed by atoms with Crippen molar-refractivity contribution in [2.45, 2.75) is 32.6 Å². The molecule has 0 spiro atoms. The fourth-order valence-corrected chi connectivity index (χ4v) is 5.99. The average molecular weight is 598 g/mol. The summed E-state index contributed by atoms with van der Waals surface area (Å²) in [5.74, 6) is -0.337. The van der Waals surface area contributed by atoms with Gasteiger partial charge >= 0.3 is 0 Å². The van der Waals surface area contributed by atoms with Crippen LogP contribution in [0.1, 0.15) is 30.8 Å².